The topological polar surface area (TPSA) is 55.1 Å². The van der Waals surface area contributed by atoms with Gasteiger partial charge in [-0.25, -0.2) is 0 Å². The largest absolute Gasteiger partial charge is 0.354 e. The van der Waals surface area contributed by atoms with Gasteiger partial charge in [0.2, 0.25) is 5.91 Å². The van der Waals surface area contributed by atoms with E-state index in [4.69, 9.17) is 5.73 Å². The molecule has 1 aromatic heterocycles. The van der Waals surface area contributed by atoms with Gasteiger partial charge in [-0.2, -0.15) is 11.8 Å². The molecule has 1 unspecified atom stereocenters. The van der Waals surface area contributed by atoms with E-state index in [9.17, 15) is 4.79 Å². The second kappa shape index (κ2) is 8.55. The van der Waals surface area contributed by atoms with E-state index >= 15 is 0 Å². The molecular formula is C12H20N2OS2. The summed E-state index contributed by atoms with van der Waals surface area (Å²) in [6.45, 7) is 0.728. The normalized spacial score (nSPS) is 12.4. The van der Waals surface area contributed by atoms with Crippen LogP contribution >= 0.6 is 23.1 Å². The van der Waals surface area contributed by atoms with E-state index in [1.807, 2.05) is 29.3 Å². The number of unbranched alkanes of at least 4 members (excludes halogenated alkanes) is 2. The van der Waals surface area contributed by atoms with Crippen molar-refractivity contribution in [2.45, 2.75) is 25.3 Å². The Bertz CT molecular complexity index is 314. The second-order valence-electron chi connectivity index (χ2n) is 3.84. The summed E-state index contributed by atoms with van der Waals surface area (Å²) in [6, 6.07) is 3.30. The van der Waals surface area contributed by atoms with Crippen molar-refractivity contribution in [2.24, 2.45) is 5.73 Å². The Kier molecular flexibility index (Phi) is 7.32. The maximum absolute atomic E-state index is 11.7. The lowest BCUT2D eigenvalue weighted by Gasteiger charge is -2.10. The van der Waals surface area contributed by atoms with Crippen LogP contribution in [0.2, 0.25) is 0 Å². The van der Waals surface area contributed by atoms with Crippen molar-refractivity contribution in [3.05, 3.63) is 22.4 Å². The van der Waals surface area contributed by atoms with Crippen LogP contribution in [0.15, 0.2) is 17.5 Å². The first-order chi connectivity index (χ1) is 8.25. The highest BCUT2D eigenvalue weighted by atomic mass is 32.2. The number of amides is 1. The van der Waals surface area contributed by atoms with Crippen molar-refractivity contribution in [2.75, 3.05) is 18.6 Å². The van der Waals surface area contributed by atoms with E-state index in [-0.39, 0.29) is 5.91 Å². The minimum atomic E-state index is -0.513. The molecule has 0 fully saturated rings. The monoisotopic (exact) mass is 272 g/mol. The van der Waals surface area contributed by atoms with Gasteiger partial charge in [-0.3, -0.25) is 4.79 Å². The molecule has 0 saturated carbocycles. The van der Waals surface area contributed by atoms with Gasteiger partial charge in [0.05, 0.1) is 0 Å². The first-order valence-electron chi connectivity index (χ1n) is 5.81. The molecule has 0 aliphatic rings. The summed E-state index contributed by atoms with van der Waals surface area (Å²) in [4.78, 5) is 12.6. The van der Waals surface area contributed by atoms with Crippen LogP contribution in [0.5, 0.6) is 0 Å². The zero-order valence-corrected chi connectivity index (χ0v) is 11.8. The highest BCUT2D eigenvalue weighted by Crippen LogP contribution is 2.16. The molecule has 17 heavy (non-hydrogen) atoms. The number of thioether (sulfide) groups is 1. The van der Waals surface area contributed by atoms with Crippen LogP contribution < -0.4 is 11.1 Å². The molecule has 0 radical (unpaired) electrons. The number of nitrogens with one attached hydrogen (secondary N) is 1. The number of rotatable bonds is 8. The van der Waals surface area contributed by atoms with Crippen molar-refractivity contribution in [3.8, 4) is 0 Å². The van der Waals surface area contributed by atoms with Gasteiger partial charge in [0, 0.05) is 11.4 Å². The number of thiophene rings is 1. The Morgan fingerprint density at radius 3 is 3.00 bits per heavy atom. The average molecular weight is 272 g/mol. The molecule has 1 aromatic rings. The minimum absolute atomic E-state index is 0.0719. The minimum Gasteiger partial charge on any atom is -0.354 e. The Labute approximate surface area is 111 Å². The summed E-state index contributed by atoms with van der Waals surface area (Å²) >= 11 is 3.38. The quantitative estimate of drug-likeness (QED) is 0.715. The molecule has 1 atom stereocenters. The van der Waals surface area contributed by atoms with E-state index in [1.54, 1.807) is 0 Å². The standard InChI is InChI=1S/C12H20N2OS2/c1-16-8-4-2-3-7-14-12(15)11(13)10-6-5-9-17-10/h5-6,9,11H,2-4,7-8,13H2,1H3,(H,14,15). The van der Waals surface area contributed by atoms with Crippen molar-refractivity contribution in [1.82, 2.24) is 5.32 Å². The third-order valence-electron chi connectivity index (χ3n) is 2.46. The van der Waals surface area contributed by atoms with Gasteiger partial charge in [-0.1, -0.05) is 12.5 Å². The van der Waals surface area contributed by atoms with E-state index in [2.05, 4.69) is 11.6 Å². The lowest BCUT2D eigenvalue weighted by molar-refractivity contribution is -0.122. The van der Waals surface area contributed by atoms with Gasteiger partial charge < -0.3 is 11.1 Å². The molecule has 0 bridgehead atoms. The third-order valence-corrected chi connectivity index (χ3v) is 4.11. The number of carbonyl (C=O) groups is 1. The van der Waals surface area contributed by atoms with E-state index in [1.165, 1.54) is 23.5 Å². The molecule has 3 nitrogen and oxygen atoms in total. The van der Waals surface area contributed by atoms with Crippen molar-refractivity contribution in [1.29, 1.82) is 0 Å². The lowest BCUT2D eigenvalue weighted by Crippen LogP contribution is -2.34. The summed E-state index contributed by atoms with van der Waals surface area (Å²) in [5.41, 5.74) is 5.84. The Hall–Kier alpha value is -0.520. The summed E-state index contributed by atoms with van der Waals surface area (Å²) in [7, 11) is 0. The lowest BCUT2D eigenvalue weighted by atomic mass is 10.2. The van der Waals surface area contributed by atoms with Crippen LogP contribution in [0, 0.1) is 0 Å². The number of hydrogen-bond donors (Lipinski definition) is 2. The zero-order valence-electron chi connectivity index (χ0n) is 10.1. The molecule has 96 valence electrons. The molecule has 0 spiro atoms. The summed E-state index contributed by atoms with van der Waals surface area (Å²) in [6.07, 6.45) is 5.52. The predicted octanol–water partition coefficient (Wildman–Crippen LogP) is 2.40. The van der Waals surface area contributed by atoms with Crippen LogP contribution in [-0.2, 0) is 4.79 Å². The van der Waals surface area contributed by atoms with Crippen molar-refractivity contribution < 1.29 is 4.79 Å². The van der Waals surface area contributed by atoms with Gasteiger partial charge in [-0.05, 0) is 36.3 Å². The maximum Gasteiger partial charge on any atom is 0.242 e. The fourth-order valence-electron chi connectivity index (χ4n) is 1.47. The third kappa shape index (κ3) is 5.57. The Morgan fingerprint density at radius 2 is 2.35 bits per heavy atom. The van der Waals surface area contributed by atoms with Crippen LogP contribution in [-0.4, -0.2) is 24.5 Å². The van der Waals surface area contributed by atoms with Crippen LogP contribution in [0.3, 0.4) is 0 Å². The van der Waals surface area contributed by atoms with Gasteiger partial charge in [0.15, 0.2) is 0 Å². The molecule has 0 aliphatic carbocycles. The SMILES string of the molecule is CSCCCCCNC(=O)C(N)c1cccs1. The first-order valence-corrected chi connectivity index (χ1v) is 8.08. The Morgan fingerprint density at radius 1 is 1.53 bits per heavy atom. The molecule has 3 N–H and O–H groups in total. The average Bonchev–Trinajstić information content (AvgIpc) is 2.86. The second-order valence-corrected chi connectivity index (χ2v) is 5.80. The van der Waals surface area contributed by atoms with Crippen molar-refractivity contribution >= 4 is 29.0 Å². The number of nitrogens with two attached hydrogens (primary N) is 1. The summed E-state index contributed by atoms with van der Waals surface area (Å²) in [5, 5.41) is 4.82. The van der Waals surface area contributed by atoms with Gasteiger partial charge in [-0.15, -0.1) is 11.3 Å². The fourth-order valence-corrected chi connectivity index (χ4v) is 2.69. The summed E-state index contributed by atoms with van der Waals surface area (Å²) < 4.78 is 0. The highest BCUT2D eigenvalue weighted by molar-refractivity contribution is 7.98. The first kappa shape index (κ1) is 14.5. The molecule has 1 rings (SSSR count). The van der Waals surface area contributed by atoms with E-state index in [0.29, 0.717) is 0 Å². The van der Waals surface area contributed by atoms with Crippen LogP contribution in [0.25, 0.3) is 0 Å². The molecular weight excluding hydrogens is 252 g/mol. The van der Waals surface area contributed by atoms with Gasteiger partial charge in [0.1, 0.15) is 6.04 Å². The maximum atomic E-state index is 11.7. The molecule has 0 saturated heterocycles. The van der Waals surface area contributed by atoms with E-state index < -0.39 is 6.04 Å². The fraction of sp³-hybridized carbons (Fsp3) is 0.583. The molecule has 1 amide bonds. The van der Waals surface area contributed by atoms with Crippen LogP contribution in [0.1, 0.15) is 30.2 Å². The van der Waals surface area contributed by atoms with Gasteiger partial charge in [0.25, 0.3) is 0 Å². The molecule has 0 aromatic carbocycles. The smallest absolute Gasteiger partial charge is 0.242 e. The Balaban J connectivity index is 2.13. The van der Waals surface area contributed by atoms with Crippen LogP contribution in [0.4, 0.5) is 0 Å². The highest BCUT2D eigenvalue weighted by Gasteiger charge is 2.15. The van der Waals surface area contributed by atoms with Crippen molar-refractivity contribution in [3.63, 3.8) is 0 Å². The molecule has 5 heteroatoms. The molecule has 0 aliphatic heterocycles. The number of hydrogen-bond acceptors (Lipinski definition) is 4. The zero-order chi connectivity index (χ0) is 12.5. The van der Waals surface area contributed by atoms with E-state index in [0.717, 1.165) is 24.3 Å². The number of carbonyl (C=O) groups excluding carboxylic acids is 1. The van der Waals surface area contributed by atoms with Gasteiger partial charge >= 0.3 is 0 Å². The molecule has 1 heterocycles. The predicted molar refractivity (Wildman–Crippen MR) is 76.5 cm³/mol. The summed E-state index contributed by atoms with van der Waals surface area (Å²) in [5.74, 6) is 1.13.